The number of aliphatic carboxylic acids is 1. The zero-order chi connectivity index (χ0) is 14.9. The van der Waals surface area contributed by atoms with E-state index in [-0.39, 0.29) is 0 Å². The number of nitrogens with two attached hydrogens (primary N) is 2. The lowest BCUT2D eigenvalue weighted by Gasteiger charge is -2.43. The van der Waals surface area contributed by atoms with Crippen LogP contribution in [0.3, 0.4) is 0 Å². The van der Waals surface area contributed by atoms with Crippen molar-refractivity contribution >= 4 is 18.6 Å². The number of unbranched alkanes of at least 4 members (excludes halogenated alkanes) is 2. The van der Waals surface area contributed by atoms with Crippen molar-refractivity contribution in [3.05, 3.63) is 0 Å². The van der Waals surface area contributed by atoms with Crippen molar-refractivity contribution in [1.82, 2.24) is 5.32 Å². The molecule has 0 radical (unpaired) electrons. The molecule has 0 saturated heterocycles. The summed E-state index contributed by atoms with van der Waals surface area (Å²) in [6.07, 6.45) is 4.60. The second kappa shape index (κ2) is 8.79. The molecule has 6 heteroatoms. The third-order valence-electron chi connectivity index (χ3n) is 3.83. The van der Waals surface area contributed by atoms with E-state index >= 15 is 0 Å². The van der Waals surface area contributed by atoms with E-state index in [2.05, 4.69) is 17.9 Å². The largest absolute Gasteiger partial charge is 0.480 e. The van der Waals surface area contributed by atoms with Crippen molar-refractivity contribution in [3.8, 4) is 0 Å². The van der Waals surface area contributed by atoms with Crippen LogP contribution in [0.2, 0.25) is 0 Å². The first kappa shape index (κ1) is 18.7. The quantitative estimate of drug-likeness (QED) is 0.288. The fourth-order valence-electron chi connectivity index (χ4n) is 2.47. The minimum absolute atomic E-state index is 0.526. The second-order valence-electron chi connectivity index (χ2n) is 5.23. The molecule has 19 heavy (non-hydrogen) atoms. The molecular formula is C13H29N3O2S. The molecule has 0 aliphatic rings. The third-order valence-corrected chi connectivity index (χ3v) is 4.44. The van der Waals surface area contributed by atoms with E-state index in [1.54, 1.807) is 7.05 Å². The highest BCUT2D eigenvalue weighted by Gasteiger charge is 2.50. The van der Waals surface area contributed by atoms with Gasteiger partial charge in [-0.25, -0.2) is 0 Å². The third kappa shape index (κ3) is 4.95. The SMILES string of the molecule is CNC(CCCCN)(C(=O)O)C(C)(S)CCCCN. The minimum atomic E-state index is -1.03. The summed E-state index contributed by atoms with van der Waals surface area (Å²) in [4.78, 5) is 11.8. The predicted molar refractivity (Wildman–Crippen MR) is 82.6 cm³/mol. The number of carbonyl (C=O) groups is 1. The molecule has 0 bridgehead atoms. The van der Waals surface area contributed by atoms with E-state index in [0.29, 0.717) is 25.9 Å². The van der Waals surface area contributed by atoms with E-state index < -0.39 is 16.3 Å². The number of thiol groups is 1. The fourth-order valence-corrected chi connectivity index (χ4v) is 2.95. The summed E-state index contributed by atoms with van der Waals surface area (Å²) in [6, 6.07) is 0. The highest BCUT2D eigenvalue weighted by molar-refractivity contribution is 7.82. The smallest absolute Gasteiger partial charge is 0.325 e. The van der Waals surface area contributed by atoms with Gasteiger partial charge in [-0.1, -0.05) is 6.42 Å². The molecule has 0 aromatic rings. The van der Waals surface area contributed by atoms with Gasteiger partial charge in [0.2, 0.25) is 0 Å². The van der Waals surface area contributed by atoms with Gasteiger partial charge < -0.3 is 21.9 Å². The number of hydrogen-bond acceptors (Lipinski definition) is 5. The molecule has 5 nitrogen and oxygen atoms in total. The van der Waals surface area contributed by atoms with Crippen LogP contribution < -0.4 is 16.8 Å². The molecule has 2 atom stereocenters. The molecule has 0 aromatic carbocycles. The molecule has 0 heterocycles. The van der Waals surface area contributed by atoms with Crippen LogP contribution in [0.15, 0.2) is 0 Å². The van der Waals surface area contributed by atoms with Crippen LogP contribution in [-0.2, 0) is 4.79 Å². The summed E-state index contributed by atoms with van der Waals surface area (Å²) in [5, 5.41) is 12.6. The average molecular weight is 291 g/mol. The van der Waals surface area contributed by atoms with Crippen LogP contribution in [0.4, 0.5) is 0 Å². The standard InChI is InChI=1S/C13H29N3O2S/c1-12(19,7-3-5-9-14)13(16-2,11(17)18)8-4-6-10-15/h16,19H,3-10,14-15H2,1-2H3,(H,17,18). The first-order chi connectivity index (χ1) is 8.88. The van der Waals surface area contributed by atoms with Gasteiger partial charge in [0, 0.05) is 4.75 Å². The maximum absolute atomic E-state index is 11.8. The Labute approximate surface area is 121 Å². The zero-order valence-corrected chi connectivity index (χ0v) is 13.0. The van der Waals surface area contributed by atoms with E-state index in [1.165, 1.54) is 0 Å². The van der Waals surface area contributed by atoms with Gasteiger partial charge in [0.1, 0.15) is 5.54 Å². The molecule has 6 N–H and O–H groups in total. The first-order valence-electron chi connectivity index (χ1n) is 6.92. The second-order valence-corrected chi connectivity index (χ2v) is 6.21. The molecule has 0 amide bonds. The van der Waals surface area contributed by atoms with Crippen LogP contribution >= 0.6 is 12.6 Å². The maximum atomic E-state index is 11.8. The maximum Gasteiger partial charge on any atom is 0.325 e. The van der Waals surface area contributed by atoms with E-state index in [9.17, 15) is 9.90 Å². The van der Waals surface area contributed by atoms with Crippen molar-refractivity contribution in [3.63, 3.8) is 0 Å². The Bertz CT molecular complexity index is 275. The van der Waals surface area contributed by atoms with Gasteiger partial charge in [-0.05, 0) is 59.2 Å². The molecule has 0 aliphatic carbocycles. The van der Waals surface area contributed by atoms with Gasteiger partial charge in [0.25, 0.3) is 0 Å². The number of likely N-dealkylation sites (N-methyl/N-ethyl adjacent to an activating group) is 1. The van der Waals surface area contributed by atoms with Gasteiger partial charge in [-0.2, -0.15) is 12.6 Å². The monoisotopic (exact) mass is 291 g/mol. The van der Waals surface area contributed by atoms with Gasteiger partial charge in [-0.15, -0.1) is 0 Å². The normalized spacial score (nSPS) is 17.7. The number of nitrogens with one attached hydrogen (secondary N) is 1. The van der Waals surface area contributed by atoms with Gasteiger partial charge in [-0.3, -0.25) is 4.79 Å². The van der Waals surface area contributed by atoms with Gasteiger partial charge >= 0.3 is 5.97 Å². The van der Waals surface area contributed by atoms with Crippen molar-refractivity contribution in [2.45, 2.75) is 55.7 Å². The number of rotatable bonds is 11. The highest BCUT2D eigenvalue weighted by atomic mass is 32.1. The van der Waals surface area contributed by atoms with Crippen molar-refractivity contribution in [2.24, 2.45) is 11.5 Å². The topological polar surface area (TPSA) is 101 Å². The predicted octanol–water partition coefficient (Wildman–Crippen LogP) is 0.976. The number of hydrogen-bond donors (Lipinski definition) is 5. The van der Waals surface area contributed by atoms with Crippen molar-refractivity contribution in [1.29, 1.82) is 0 Å². The van der Waals surface area contributed by atoms with Crippen LogP contribution in [-0.4, -0.2) is 41.5 Å². The van der Waals surface area contributed by atoms with E-state index in [0.717, 1.165) is 25.7 Å². The van der Waals surface area contributed by atoms with Gasteiger partial charge in [0.15, 0.2) is 0 Å². The average Bonchev–Trinajstić information content (AvgIpc) is 2.34. The number of carboxylic acid groups (broad SMARTS) is 1. The lowest BCUT2D eigenvalue weighted by atomic mass is 9.77. The van der Waals surface area contributed by atoms with Crippen LogP contribution in [0, 0.1) is 0 Å². The van der Waals surface area contributed by atoms with E-state index in [4.69, 9.17) is 11.5 Å². The summed E-state index contributed by atoms with van der Waals surface area (Å²) < 4.78 is -0.628. The fraction of sp³-hybridized carbons (Fsp3) is 0.923. The van der Waals surface area contributed by atoms with E-state index in [1.807, 2.05) is 6.92 Å². The van der Waals surface area contributed by atoms with Crippen molar-refractivity contribution in [2.75, 3.05) is 20.1 Å². The van der Waals surface area contributed by atoms with Crippen LogP contribution in [0.25, 0.3) is 0 Å². The van der Waals surface area contributed by atoms with Crippen molar-refractivity contribution < 1.29 is 9.90 Å². The Kier molecular flexibility index (Phi) is 8.65. The molecule has 2 unspecified atom stereocenters. The minimum Gasteiger partial charge on any atom is -0.480 e. The molecule has 0 fully saturated rings. The Balaban J connectivity index is 4.92. The molecule has 114 valence electrons. The molecule has 0 aliphatic heterocycles. The lowest BCUT2D eigenvalue weighted by molar-refractivity contribution is -0.146. The molecule has 0 rings (SSSR count). The molecular weight excluding hydrogens is 262 g/mol. The number of carboxylic acids is 1. The van der Waals surface area contributed by atoms with Gasteiger partial charge in [0.05, 0.1) is 0 Å². The molecule has 0 spiro atoms. The zero-order valence-electron chi connectivity index (χ0n) is 12.1. The Morgan fingerprint density at radius 3 is 2.00 bits per heavy atom. The summed E-state index contributed by atoms with van der Waals surface area (Å²) in [7, 11) is 1.69. The molecule has 0 aromatic heterocycles. The molecule has 0 saturated carbocycles. The Morgan fingerprint density at radius 1 is 1.16 bits per heavy atom. The summed E-state index contributed by atoms with van der Waals surface area (Å²) >= 11 is 4.65. The highest BCUT2D eigenvalue weighted by Crippen LogP contribution is 2.37. The summed E-state index contributed by atoms with van der Waals surface area (Å²) in [5.74, 6) is -0.850. The Morgan fingerprint density at radius 2 is 1.63 bits per heavy atom. The summed E-state index contributed by atoms with van der Waals surface area (Å²) in [6.45, 7) is 3.09. The summed E-state index contributed by atoms with van der Waals surface area (Å²) in [5.41, 5.74) is 9.94. The van der Waals surface area contributed by atoms with Crippen LogP contribution in [0.5, 0.6) is 0 Å². The first-order valence-corrected chi connectivity index (χ1v) is 7.37. The van der Waals surface area contributed by atoms with Crippen LogP contribution in [0.1, 0.15) is 45.4 Å². The Hall–Kier alpha value is -0.300. The lowest BCUT2D eigenvalue weighted by Crippen LogP contribution is -2.63.